The highest BCUT2D eigenvalue weighted by atomic mass is 16.3. The van der Waals surface area contributed by atoms with E-state index < -0.39 is 0 Å². The van der Waals surface area contributed by atoms with Gasteiger partial charge in [-0.25, -0.2) is 0 Å². The van der Waals surface area contributed by atoms with Crippen LogP contribution in [0.2, 0.25) is 0 Å². The van der Waals surface area contributed by atoms with Gasteiger partial charge in [0, 0.05) is 6.61 Å². The molecule has 0 aromatic rings. The lowest BCUT2D eigenvalue weighted by atomic mass is 9.51. The molecule has 2 unspecified atom stereocenters. The molecule has 2 fully saturated rings. The highest BCUT2D eigenvalue weighted by Gasteiger charge is 2.54. The normalized spacial score (nSPS) is 51.8. The molecule has 0 heterocycles. The van der Waals surface area contributed by atoms with Crippen LogP contribution < -0.4 is 0 Å². The van der Waals surface area contributed by atoms with Crippen LogP contribution in [0.25, 0.3) is 0 Å². The third-order valence-electron chi connectivity index (χ3n) is 7.38. The largest absolute Gasteiger partial charge is 0.396 e. The van der Waals surface area contributed by atoms with E-state index in [0.29, 0.717) is 17.8 Å². The van der Waals surface area contributed by atoms with Gasteiger partial charge in [-0.2, -0.15) is 0 Å². The molecule has 0 saturated heterocycles. The third kappa shape index (κ3) is 2.55. The molecule has 3 nitrogen and oxygen atoms in total. The average Bonchev–Trinajstić information content (AvgIpc) is 2.86. The zero-order valence-corrected chi connectivity index (χ0v) is 14.0. The Morgan fingerprint density at radius 3 is 2.59 bits per heavy atom. The summed E-state index contributed by atoms with van der Waals surface area (Å²) in [6.45, 7) is 4.77. The molecule has 0 aromatic carbocycles. The maximum absolute atomic E-state index is 11.1. The minimum absolute atomic E-state index is 0.0469. The Morgan fingerprint density at radius 2 is 1.86 bits per heavy atom. The van der Waals surface area contributed by atoms with Crippen molar-refractivity contribution in [3.63, 3.8) is 0 Å². The fourth-order valence-corrected chi connectivity index (χ4v) is 5.80. The van der Waals surface area contributed by atoms with E-state index in [1.165, 1.54) is 0 Å². The lowest BCUT2D eigenvalue weighted by molar-refractivity contribution is -0.121. The first-order chi connectivity index (χ1) is 10.4. The Hall–Kier alpha value is -0.380. The molecule has 3 aliphatic rings. The second kappa shape index (κ2) is 5.92. The standard InChI is InChI=1S/C19H32O3/c1-18-8-3-4-15(18)17(22)16(6-9-18)19(2)10-5-14(21)12-13(19)7-11-20/h3,8,13-17,20-22H,4-7,9-12H2,1-2H3/t13-,14-,15?,16?,17-,18-,19-/m0/s1. The molecule has 3 N–H and O–H groups in total. The summed E-state index contributed by atoms with van der Waals surface area (Å²) < 4.78 is 0. The molecule has 0 bridgehead atoms. The van der Waals surface area contributed by atoms with Crippen molar-refractivity contribution < 1.29 is 15.3 Å². The zero-order valence-electron chi connectivity index (χ0n) is 14.0. The maximum Gasteiger partial charge on any atom is 0.0613 e. The van der Waals surface area contributed by atoms with Gasteiger partial charge in [-0.3, -0.25) is 0 Å². The molecule has 3 heteroatoms. The molecular formula is C19H32O3. The van der Waals surface area contributed by atoms with E-state index in [2.05, 4.69) is 26.0 Å². The Labute approximate surface area is 134 Å². The van der Waals surface area contributed by atoms with Gasteiger partial charge >= 0.3 is 0 Å². The summed E-state index contributed by atoms with van der Waals surface area (Å²) in [6, 6.07) is 0. The van der Waals surface area contributed by atoms with Crippen LogP contribution in [0, 0.1) is 28.6 Å². The fourth-order valence-electron chi connectivity index (χ4n) is 5.80. The topological polar surface area (TPSA) is 60.7 Å². The van der Waals surface area contributed by atoms with Gasteiger partial charge in [-0.1, -0.05) is 26.0 Å². The van der Waals surface area contributed by atoms with Crippen LogP contribution in [-0.4, -0.2) is 34.1 Å². The minimum atomic E-state index is -0.254. The van der Waals surface area contributed by atoms with Crippen molar-refractivity contribution in [1.29, 1.82) is 0 Å². The molecule has 3 aliphatic carbocycles. The second-order valence-electron chi connectivity index (χ2n) is 8.53. The molecule has 3 rings (SSSR count). The molecule has 0 aliphatic heterocycles. The molecule has 22 heavy (non-hydrogen) atoms. The van der Waals surface area contributed by atoms with Gasteiger partial charge in [0.25, 0.3) is 0 Å². The number of hydrogen-bond acceptors (Lipinski definition) is 3. The number of allylic oxidation sites excluding steroid dienone is 2. The van der Waals surface area contributed by atoms with Crippen molar-refractivity contribution in [2.45, 2.75) is 71.0 Å². The van der Waals surface area contributed by atoms with Crippen LogP contribution in [-0.2, 0) is 0 Å². The predicted octanol–water partition coefficient (Wildman–Crippen LogP) is 2.89. The average molecular weight is 308 g/mol. The van der Waals surface area contributed by atoms with Gasteiger partial charge in [-0.15, -0.1) is 0 Å². The molecule has 126 valence electrons. The Kier molecular flexibility index (Phi) is 4.43. The Morgan fingerprint density at radius 1 is 1.09 bits per heavy atom. The summed E-state index contributed by atoms with van der Waals surface area (Å²) in [7, 11) is 0. The Bertz CT molecular complexity index is 434. The van der Waals surface area contributed by atoms with E-state index in [9.17, 15) is 15.3 Å². The summed E-state index contributed by atoms with van der Waals surface area (Å²) in [5.74, 6) is 0.971. The first-order valence-corrected chi connectivity index (χ1v) is 9.05. The minimum Gasteiger partial charge on any atom is -0.396 e. The maximum atomic E-state index is 11.1. The van der Waals surface area contributed by atoms with Crippen molar-refractivity contribution in [2.75, 3.05) is 6.61 Å². The summed E-state index contributed by atoms with van der Waals surface area (Å²) in [4.78, 5) is 0. The van der Waals surface area contributed by atoms with Gasteiger partial charge in [0.1, 0.15) is 0 Å². The summed E-state index contributed by atoms with van der Waals surface area (Å²) in [5, 5.41) is 30.6. The van der Waals surface area contributed by atoms with Gasteiger partial charge in [0.15, 0.2) is 0 Å². The van der Waals surface area contributed by atoms with E-state index in [4.69, 9.17) is 0 Å². The highest BCUT2D eigenvalue weighted by molar-refractivity contribution is 5.15. The number of rotatable bonds is 3. The monoisotopic (exact) mass is 308 g/mol. The van der Waals surface area contributed by atoms with Crippen LogP contribution in [0.3, 0.4) is 0 Å². The van der Waals surface area contributed by atoms with Gasteiger partial charge < -0.3 is 15.3 Å². The first-order valence-electron chi connectivity index (χ1n) is 9.05. The van der Waals surface area contributed by atoms with E-state index in [0.717, 1.165) is 44.9 Å². The first kappa shape index (κ1) is 16.5. The third-order valence-corrected chi connectivity index (χ3v) is 7.38. The lowest BCUT2D eigenvalue weighted by Crippen LogP contribution is -2.52. The summed E-state index contributed by atoms with van der Waals surface area (Å²) in [5.41, 5.74) is 0.220. The smallest absolute Gasteiger partial charge is 0.0613 e. The number of aliphatic hydroxyl groups excluding tert-OH is 3. The van der Waals surface area contributed by atoms with E-state index in [-0.39, 0.29) is 29.6 Å². The summed E-state index contributed by atoms with van der Waals surface area (Å²) >= 11 is 0. The molecule has 7 atom stereocenters. The van der Waals surface area contributed by atoms with Crippen LogP contribution >= 0.6 is 0 Å². The molecular weight excluding hydrogens is 276 g/mol. The molecule has 0 aromatic heterocycles. The van der Waals surface area contributed by atoms with Crippen molar-refractivity contribution in [2.24, 2.45) is 28.6 Å². The number of hydrogen-bond donors (Lipinski definition) is 3. The van der Waals surface area contributed by atoms with Crippen LogP contribution in [0.15, 0.2) is 12.2 Å². The van der Waals surface area contributed by atoms with Crippen LogP contribution in [0.1, 0.15) is 58.8 Å². The van der Waals surface area contributed by atoms with Crippen molar-refractivity contribution in [3.8, 4) is 0 Å². The van der Waals surface area contributed by atoms with E-state index in [1.54, 1.807) is 0 Å². The van der Waals surface area contributed by atoms with Gasteiger partial charge in [0.2, 0.25) is 0 Å². The zero-order chi connectivity index (χ0) is 16.0. The quantitative estimate of drug-likeness (QED) is 0.703. The Balaban J connectivity index is 1.82. The van der Waals surface area contributed by atoms with E-state index in [1.807, 2.05) is 0 Å². The molecule has 0 amide bonds. The van der Waals surface area contributed by atoms with Crippen molar-refractivity contribution >= 4 is 0 Å². The number of aliphatic hydroxyl groups is 3. The second-order valence-corrected chi connectivity index (χ2v) is 8.53. The molecule has 2 saturated carbocycles. The van der Waals surface area contributed by atoms with Gasteiger partial charge in [0.05, 0.1) is 12.2 Å². The van der Waals surface area contributed by atoms with Crippen LogP contribution in [0.5, 0.6) is 0 Å². The predicted molar refractivity (Wildman–Crippen MR) is 87.2 cm³/mol. The van der Waals surface area contributed by atoms with Crippen molar-refractivity contribution in [1.82, 2.24) is 0 Å². The van der Waals surface area contributed by atoms with Gasteiger partial charge in [-0.05, 0) is 73.5 Å². The fraction of sp³-hybridized carbons (Fsp3) is 0.895. The van der Waals surface area contributed by atoms with Crippen molar-refractivity contribution in [3.05, 3.63) is 12.2 Å². The molecule has 0 radical (unpaired) electrons. The molecule has 0 spiro atoms. The lowest BCUT2D eigenvalue weighted by Gasteiger charge is -2.55. The number of fused-ring (bicyclic) bond motifs is 1. The summed E-state index contributed by atoms with van der Waals surface area (Å²) in [6.07, 6.45) is 10.6. The SMILES string of the molecule is C[C@@]12C=CCC1[C@H](O)C([C@@]1(C)CC[C@H](O)C[C@@H]1CCO)CC2. The highest BCUT2D eigenvalue weighted by Crippen LogP contribution is 2.58. The van der Waals surface area contributed by atoms with Crippen LogP contribution in [0.4, 0.5) is 0 Å². The van der Waals surface area contributed by atoms with E-state index >= 15 is 0 Å².